The van der Waals surface area contributed by atoms with Gasteiger partial charge in [-0.1, -0.05) is 11.6 Å². The number of nitrogens with one attached hydrogen (secondary N) is 2. The fourth-order valence-corrected chi connectivity index (χ4v) is 2.84. The summed E-state index contributed by atoms with van der Waals surface area (Å²) in [4.78, 5) is 33.2. The molecular formula is C15H17ClN4O2. The fraction of sp³-hybridized carbons (Fsp3) is 0.400. The van der Waals surface area contributed by atoms with Gasteiger partial charge in [0.2, 0.25) is 5.91 Å². The summed E-state index contributed by atoms with van der Waals surface area (Å²) in [5.74, 6) is -0.348. The predicted molar refractivity (Wildman–Crippen MR) is 83.8 cm³/mol. The number of carbonyl (C=O) groups is 2. The van der Waals surface area contributed by atoms with E-state index in [0.717, 1.165) is 36.8 Å². The monoisotopic (exact) mass is 320 g/mol. The number of aromatic nitrogens is 2. The minimum atomic E-state index is -0.543. The number of pyridine rings is 1. The Bertz CT molecular complexity index is 721. The summed E-state index contributed by atoms with van der Waals surface area (Å²) in [6.45, 7) is 3.25. The van der Waals surface area contributed by atoms with Gasteiger partial charge in [0.1, 0.15) is 16.9 Å². The van der Waals surface area contributed by atoms with Crippen LogP contribution in [0.25, 0.3) is 10.9 Å². The minimum absolute atomic E-state index is 0.0355. The number of H-pyrrole nitrogens is 1. The number of aromatic amines is 1. The number of carbonyl (C=O) groups excluding carboxylic acids is 2. The van der Waals surface area contributed by atoms with E-state index in [2.05, 4.69) is 15.3 Å². The molecule has 0 aliphatic carbocycles. The van der Waals surface area contributed by atoms with Crippen LogP contribution in [-0.4, -0.2) is 45.8 Å². The first kappa shape index (κ1) is 14.8. The standard InChI is InChI=1S/C15H17ClN4O2/c1-9(15(22)20-4-2-3-5-20)18-14(21)11-6-10-7-13(16)17-8-12(10)19-11/h6-9,19H,2-5H2,1H3,(H,18,21). The van der Waals surface area contributed by atoms with Crippen LogP contribution in [0.3, 0.4) is 0 Å². The highest BCUT2D eigenvalue weighted by atomic mass is 35.5. The molecule has 1 aliphatic rings. The number of hydrogen-bond acceptors (Lipinski definition) is 3. The number of hydrogen-bond donors (Lipinski definition) is 2. The lowest BCUT2D eigenvalue weighted by Crippen LogP contribution is -2.46. The van der Waals surface area contributed by atoms with Crippen molar-refractivity contribution in [2.24, 2.45) is 0 Å². The first-order chi connectivity index (χ1) is 10.5. The summed E-state index contributed by atoms with van der Waals surface area (Å²) in [5, 5.41) is 3.91. The van der Waals surface area contributed by atoms with E-state index in [9.17, 15) is 9.59 Å². The van der Waals surface area contributed by atoms with Crippen LogP contribution in [0.1, 0.15) is 30.3 Å². The molecule has 1 aliphatic heterocycles. The molecule has 2 aromatic heterocycles. The van der Waals surface area contributed by atoms with Gasteiger partial charge >= 0.3 is 0 Å². The van der Waals surface area contributed by atoms with Gasteiger partial charge in [-0.3, -0.25) is 9.59 Å². The SMILES string of the molecule is CC(NC(=O)c1cc2cc(Cl)ncc2[nH]1)C(=O)N1CCCC1. The average molecular weight is 321 g/mol. The molecule has 2 N–H and O–H groups in total. The van der Waals surface area contributed by atoms with E-state index in [-0.39, 0.29) is 11.8 Å². The first-order valence-corrected chi connectivity index (χ1v) is 7.66. The van der Waals surface area contributed by atoms with Gasteiger partial charge in [0.25, 0.3) is 5.91 Å². The summed E-state index contributed by atoms with van der Waals surface area (Å²) in [5.41, 5.74) is 1.12. The maximum absolute atomic E-state index is 12.3. The molecule has 6 nitrogen and oxygen atoms in total. The summed E-state index contributed by atoms with van der Waals surface area (Å²) in [6, 6.07) is 2.84. The largest absolute Gasteiger partial charge is 0.349 e. The Labute approximate surface area is 132 Å². The van der Waals surface area contributed by atoms with Crippen molar-refractivity contribution in [3.05, 3.63) is 29.2 Å². The number of halogens is 1. The number of fused-ring (bicyclic) bond motifs is 1. The van der Waals surface area contributed by atoms with Gasteiger partial charge in [0.15, 0.2) is 0 Å². The van der Waals surface area contributed by atoms with Crippen LogP contribution in [-0.2, 0) is 4.79 Å². The highest BCUT2D eigenvalue weighted by molar-refractivity contribution is 6.30. The Hall–Kier alpha value is -2.08. The van der Waals surface area contributed by atoms with Crippen molar-refractivity contribution in [1.29, 1.82) is 0 Å². The number of rotatable bonds is 3. The molecule has 1 atom stereocenters. The van der Waals surface area contributed by atoms with Gasteiger partial charge in [-0.15, -0.1) is 0 Å². The smallest absolute Gasteiger partial charge is 0.268 e. The Morgan fingerprint density at radius 1 is 1.36 bits per heavy atom. The first-order valence-electron chi connectivity index (χ1n) is 7.28. The van der Waals surface area contributed by atoms with Crippen molar-refractivity contribution in [1.82, 2.24) is 20.2 Å². The molecule has 116 valence electrons. The van der Waals surface area contributed by atoms with Crippen LogP contribution in [0.2, 0.25) is 5.15 Å². The van der Waals surface area contributed by atoms with Gasteiger partial charge in [0, 0.05) is 18.5 Å². The maximum atomic E-state index is 12.3. The lowest BCUT2D eigenvalue weighted by molar-refractivity contribution is -0.131. The normalized spacial score (nSPS) is 16.0. The van der Waals surface area contributed by atoms with Gasteiger partial charge in [-0.05, 0) is 31.9 Å². The molecule has 2 aromatic rings. The summed E-state index contributed by atoms with van der Waals surface area (Å²) >= 11 is 5.83. The van der Waals surface area contributed by atoms with E-state index >= 15 is 0 Å². The number of likely N-dealkylation sites (tertiary alicyclic amines) is 1. The zero-order chi connectivity index (χ0) is 15.7. The van der Waals surface area contributed by atoms with E-state index in [4.69, 9.17) is 11.6 Å². The Balaban J connectivity index is 1.70. The Morgan fingerprint density at radius 3 is 2.82 bits per heavy atom. The number of nitrogens with zero attached hydrogens (tertiary/aromatic N) is 2. The van der Waals surface area contributed by atoms with Gasteiger partial charge < -0.3 is 15.2 Å². The Kier molecular flexibility index (Phi) is 4.02. The zero-order valence-electron chi connectivity index (χ0n) is 12.2. The van der Waals surface area contributed by atoms with Gasteiger partial charge in [0.05, 0.1) is 11.7 Å². The van der Waals surface area contributed by atoms with Crippen LogP contribution in [0.15, 0.2) is 18.3 Å². The van der Waals surface area contributed by atoms with E-state index in [0.29, 0.717) is 10.8 Å². The predicted octanol–water partition coefficient (Wildman–Crippen LogP) is 1.96. The second-order valence-electron chi connectivity index (χ2n) is 5.50. The lowest BCUT2D eigenvalue weighted by atomic mass is 10.2. The second-order valence-corrected chi connectivity index (χ2v) is 5.89. The van der Waals surface area contributed by atoms with Crippen LogP contribution in [0.4, 0.5) is 0 Å². The van der Waals surface area contributed by atoms with E-state index in [1.165, 1.54) is 0 Å². The van der Waals surface area contributed by atoms with Crippen molar-refractivity contribution in [3.63, 3.8) is 0 Å². The quantitative estimate of drug-likeness (QED) is 0.849. The molecule has 22 heavy (non-hydrogen) atoms. The van der Waals surface area contributed by atoms with E-state index < -0.39 is 6.04 Å². The molecule has 0 aromatic carbocycles. The molecular weight excluding hydrogens is 304 g/mol. The van der Waals surface area contributed by atoms with Crippen molar-refractivity contribution >= 4 is 34.3 Å². The summed E-state index contributed by atoms with van der Waals surface area (Å²) in [7, 11) is 0. The molecule has 7 heteroatoms. The lowest BCUT2D eigenvalue weighted by Gasteiger charge is -2.20. The van der Waals surface area contributed by atoms with Crippen LogP contribution < -0.4 is 5.32 Å². The van der Waals surface area contributed by atoms with Crippen molar-refractivity contribution in [3.8, 4) is 0 Å². The van der Waals surface area contributed by atoms with Crippen molar-refractivity contribution < 1.29 is 9.59 Å². The third kappa shape index (κ3) is 2.92. The fourth-order valence-electron chi connectivity index (χ4n) is 2.67. The second kappa shape index (κ2) is 5.96. The minimum Gasteiger partial charge on any atom is -0.349 e. The third-order valence-electron chi connectivity index (χ3n) is 3.85. The number of amides is 2. The molecule has 1 fully saturated rings. The van der Waals surface area contributed by atoms with Crippen molar-refractivity contribution in [2.45, 2.75) is 25.8 Å². The topological polar surface area (TPSA) is 78.1 Å². The summed E-state index contributed by atoms with van der Waals surface area (Å²) in [6.07, 6.45) is 3.64. The molecule has 1 unspecified atom stereocenters. The van der Waals surface area contributed by atoms with Gasteiger partial charge in [-0.2, -0.15) is 0 Å². The molecule has 3 heterocycles. The molecule has 1 saturated heterocycles. The van der Waals surface area contributed by atoms with E-state index in [1.807, 2.05) is 0 Å². The molecule has 0 saturated carbocycles. The highest BCUT2D eigenvalue weighted by Gasteiger charge is 2.25. The molecule has 0 bridgehead atoms. The van der Waals surface area contributed by atoms with Crippen LogP contribution >= 0.6 is 11.6 Å². The van der Waals surface area contributed by atoms with E-state index in [1.54, 1.807) is 30.2 Å². The zero-order valence-corrected chi connectivity index (χ0v) is 13.0. The van der Waals surface area contributed by atoms with Crippen molar-refractivity contribution in [2.75, 3.05) is 13.1 Å². The van der Waals surface area contributed by atoms with Gasteiger partial charge in [-0.25, -0.2) is 4.98 Å². The highest BCUT2D eigenvalue weighted by Crippen LogP contribution is 2.18. The molecule has 0 spiro atoms. The third-order valence-corrected chi connectivity index (χ3v) is 4.06. The summed E-state index contributed by atoms with van der Waals surface area (Å²) < 4.78 is 0. The maximum Gasteiger partial charge on any atom is 0.268 e. The van der Waals surface area contributed by atoms with Crippen LogP contribution in [0, 0.1) is 0 Å². The van der Waals surface area contributed by atoms with Crippen LogP contribution in [0.5, 0.6) is 0 Å². The molecule has 0 radical (unpaired) electrons. The molecule has 3 rings (SSSR count). The molecule has 2 amide bonds. The average Bonchev–Trinajstić information content (AvgIpc) is 3.14. The Morgan fingerprint density at radius 2 is 2.09 bits per heavy atom.